The molecule has 0 fully saturated rings. The van der Waals surface area contributed by atoms with Crippen molar-refractivity contribution in [2.45, 2.75) is 6.10 Å². The van der Waals surface area contributed by atoms with E-state index in [0.29, 0.717) is 5.69 Å². The van der Waals surface area contributed by atoms with Gasteiger partial charge in [-0.05, 0) is 11.4 Å². The normalized spacial score (nSPS) is 12.3. The summed E-state index contributed by atoms with van der Waals surface area (Å²) in [6.07, 6.45) is -0.705. The zero-order valence-electron chi connectivity index (χ0n) is 10.3. The van der Waals surface area contributed by atoms with Crippen molar-refractivity contribution < 1.29 is 14.6 Å². The van der Waals surface area contributed by atoms with Gasteiger partial charge in [-0.2, -0.15) is 11.3 Å². The number of nitrogens with one attached hydrogen (secondary N) is 1. The van der Waals surface area contributed by atoms with Crippen LogP contribution < -0.4 is 5.32 Å². The molecule has 0 saturated heterocycles. The summed E-state index contributed by atoms with van der Waals surface area (Å²) in [5.74, 6) is -0.284. The Morgan fingerprint density at radius 2 is 2.42 bits per heavy atom. The Hall–Kier alpha value is -1.28. The molecule has 2 aromatic heterocycles. The number of amides is 1. The fraction of sp³-hybridized carbons (Fsp3) is 0.333. The minimum atomic E-state index is -0.705. The number of methoxy groups -OCH3 is 1. The van der Waals surface area contributed by atoms with Gasteiger partial charge in [0, 0.05) is 30.0 Å². The lowest BCUT2D eigenvalue weighted by molar-refractivity contribution is 0.0609. The van der Waals surface area contributed by atoms with Gasteiger partial charge in [-0.1, -0.05) is 0 Å². The SMILES string of the molecule is COCC(O)CNC(=O)c1csc(-c2ccsc2)n1. The first kappa shape index (κ1) is 14.1. The van der Waals surface area contributed by atoms with Gasteiger partial charge in [-0.25, -0.2) is 4.98 Å². The van der Waals surface area contributed by atoms with Crippen LogP contribution in [-0.4, -0.2) is 42.4 Å². The Labute approximate surface area is 118 Å². The molecule has 0 spiro atoms. The second-order valence-corrected chi connectivity index (χ2v) is 5.51. The van der Waals surface area contributed by atoms with Crippen molar-refractivity contribution in [3.05, 3.63) is 27.9 Å². The highest BCUT2D eigenvalue weighted by atomic mass is 32.1. The molecule has 0 bridgehead atoms. The number of carbonyl (C=O) groups excluding carboxylic acids is 1. The average molecular weight is 298 g/mol. The van der Waals surface area contributed by atoms with E-state index in [9.17, 15) is 9.90 Å². The second kappa shape index (κ2) is 6.76. The number of hydrogen-bond donors (Lipinski definition) is 2. The molecule has 2 N–H and O–H groups in total. The number of carbonyl (C=O) groups is 1. The summed E-state index contributed by atoms with van der Waals surface area (Å²) >= 11 is 3.02. The van der Waals surface area contributed by atoms with Gasteiger partial charge in [0.15, 0.2) is 0 Å². The van der Waals surface area contributed by atoms with Gasteiger partial charge in [0.1, 0.15) is 10.7 Å². The number of aliphatic hydroxyl groups excluding tert-OH is 1. The fourth-order valence-electron chi connectivity index (χ4n) is 1.45. The molecule has 0 aliphatic rings. The average Bonchev–Trinajstić information content (AvgIpc) is 3.06. The predicted molar refractivity (Wildman–Crippen MR) is 75.6 cm³/mol. The molecule has 7 heteroatoms. The van der Waals surface area contributed by atoms with E-state index in [4.69, 9.17) is 4.74 Å². The molecule has 1 unspecified atom stereocenters. The van der Waals surface area contributed by atoms with E-state index < -0.39 is 6.10 Å². The van der Waals surface area contributed by atoms with Gasteiger partial charge in [-0.15, -0.1) is 11.3 Å². The minimum Gasteiger partial charge on any atom is -0.389 e. The van der Waals surface area contributed by atoms with Crippen LogP contribution in [0.4, 0.5) is 0 Å². The molecular formula is C12H14N2O3S2. The van der Waals surface area contributed by atoms with Crippen molar-refractivity contribution in [2.75, 3.05) is 20.3 Å². The number of thiazole rings is 1. The standard InChI is InChI=1S/C12H14N2O3S2/c1-17-5-9(15)4-13-11(16)10-7-19-12(14-10)8-2-3-18-6-8/h2-3,6-7,9,15H,4-5H2,1H3,(H,13,16). The highest BCUT2D eigenvalue weighted by Gasteiger charge is 2.13. The first-order valence-corrected chi connectivity index (χ1v) is 7.46. The lowest BCUT2D eigenvalue weighted by atomic mass is 10.3. The lowest BCUT2D eigenvalue weighted by Crippen LogP contribution is -2.34. The maximum Gasteiger partial charge on any atom is 0.270 e. The summed E-state index contributed by atoms with van der Waals surface area (Å²) in [5, 5.41) is 18.6. The molecule has 0 aliphatic carbocycles. The van der Waals surface area contributed by atoms with Gasteiger partial charge >= 0.3 is 0 Å². The van der Waals surface area contributed by atoms with Crippen LogP contribution in [0.5, 0.6) is 0 Å². The van der Waals surface area contributed by atoms with Crippen LogP contribution >= 0.6 is 22.7 Å². The Morgan fingerprint density at radius 3 is 3.11 bits per heavy atom. The summed E-state index contributed by atoms with van der Waals surface area (Å²) in [5.41, 5.74) is 1.39. The number of hydrogen-bond acceptors (Lipinski definition) is 6. The summed E-state index contributed by atoms with van der Waals surface area (Å²) in [7, 11) is 1.50. The Balaban J connectivity index is 1.93. The quantitative estimate of drug-likeness (QED) is 0.850. The predicted octanol–water partition coefficient (Wildman–Crippen LogP) is 1.61. The van der Waals surface area contributed by atoms with Crippen molar-refractivity contribution in [2.24, 2.45) is 0 Å². The third-order valence-electron chi connectivity index (χ3n) is 2.36. The molecule has 1 amide bonds. The Morgan fingerprint density at radius 1 is 1.58 bits per heavy atom. The largest absolute Gasteiger partial charge is 0.389 e. The first-order valence-electron chi connectivity index (χ1n) is 5.64. The molecule has 0 saturated carbocycles. The monoisotopic (exact) mass is 298 g/mol. The van der Waals surface area contributed by atoms with E-state index in [2.05, 4.69) is 10.3 Å². The summed E-state index contributed by atoms with van der Waals surface area (Å²) < 4.78 is 4.78. The summed E-state index contributed by atoms with van der Waals surface area (Å²) in [6, 6.07) is 1.97. The molecule has 2 aromatic rings. The van der Waals surface area contributed by atoms with Gasteiger partial charge in [0.25, 0.3) is 5.91 Å². The first-order chi connectivity index (χ1) is 9.20. The number of thiophene rings is 1. The Kier molecular flexibility index (Phi) is 5.03. The van der Waals surface area contributed by atoms with Crippen LogP contribution in [0.2, 0.25) is 0 Å². The topological polar surface area (TPSA) is 71.5 Å². The maximum atomic E-state index is 11.8. The van der Waals surface area contributed by atoms with Crippen LogP contribution in [0, 0.1) is 0 Å². The molecule has 19 heavy (non-hydrogen) atoms. The lowest BCUT2D eigenvalue weighted by Gasteiger charge is -2.09. The van der Waals surface area contributed by atoms with Crippen LogP contribution in [0.3, 0.4) is 0 Å². The van der Waals surface area contributed by atoms with Crippen molar-refractivity contribution in [3.8, 4) is 10.6 Å². The van der Waals surface area contributed by atoms with Gasteiger partial charge in [0.05, 0.1) is 12.7 Å². The van der Waals surface area contributed by atoms with Gasteiger partial charge in [0.2, 0.25) is 0 Å². The minimum absolute atomic E-state index is 0.151. The number of ether oxygens (including phenoxy) is 1. The molecule has 0 aromatic carbocycles. The number of nitrogens with zero attached hydrogens (tertiary/aromatic N) is 1. The van der Waals surface area contributed by atoms with E-state index >= 15 is 0 Å². The highest BCUT2D eigenvalue weighted by molar-refractivity contribution is 7.14. The second-order valence-electron chi connectivity index (χ2n) is 3.87. The zero-order valence-corrected chi connectivity index (χ0v) is 12.0. The number of aromatic nitrogens is 1. The van der Waals surface area contributed by atoms with E-state index in [1.807, 2.05) is 16.8 Å². The molecule has 1 atom stereocenters. The van der Waals surface area contributed by atoms with Crippen molar-refractivity contribution in [3.63, 3.8) is 0 Å². The highest BCUT2D eigenvalue weighted by Crippen LogP contribution is 2.25. The molecule has 0 aliphatic heterocycles. The molecule has 2 rings (SSSR count). The fourth-order valence-corrected chi connectivity index (χ4v) is 2.96. The van der Waals surface area contributed by atoms with Crippen LogP contribution in [0.1, 0.15) is 10.5 Å². The van der Waals surface area contributed by atoms with Crippen molar-refractivity contribution in [1.82, 2.24) is 10.3 Å². The van der Waals surface area contributed by atoms with E-state index in [1.54, 1.807) is 16.7 Å². The Bertz CT molecular complexity index is 525. The molecule has 0 radical (unpaired) electrons. The van der Waals surface area contributed by atoms with Gasteiger partial charge < -0.3 is 15.2 Å². The van der Waals surface area contributed by atoms with Crippen LogP contribution in [-0.2, 0) is 4.74 Å². The molecule has 2 heterocycles. The van der Waals surface area contributed by atoms with Gasteiger partial charge in [-0.3, -0.25) is 4.79 Å². The number of rotatable bonds is 6. The van der Waals surface area contributed by atoms with Crippen molar-refractivity contribution >= 4 is 28.6 Å². The third-order valence-corrected chi connectivity index (χ3v) is 3.94. The number of aliphatic hydroxyl groups is 1. The van der Waals surface area contributed by atoms with E-state index in [-0.39, 0.29) is 19.1 Å². The smallest absolute Gasteiger partial charge is 0.270 e. The maximum absolute atomic E-state index is 11.8. The third kappa shape index (κ3) is 3.84. The van der Waals surface area contributed by atoms with Crippen LogP contribution in [0.15, 0.2) is 22.2 Å². The van der Waals surface area contributed by atoms with Crippen molar-refractivity contribution in [1.29, 1.82) is 0 Å². The summed E-state index contributed by atoms with van der Waals surface area (Å²) in [6.45, 7) is 0.343. The molecule has 102 valence electrons. The molecular weight excluding hydrogens is 284 g/mol. The van der Waals surface area contributed by atoms with E-state index in [1.165, 1.54) is 18.4 Å². The zero-order chi connectivity index (χ0) is 13.7. The van der Waals surface area contributed by atoms with E-state index in [0.717, 1.165) is 10.6 Å². The molecule has 5 nitrogen and oxygen atoms in total. The van der Waals surface area contributed by atoms with Crippen LogP contribution in [0.25, 0.3) is 10.6 Å². The summed E-state index contributed by atoms with van der Waals surface area (Å²) in [4.78, 5) is 16.1.